The molecule has 0 aromatic carbocycles. The van der Waals surface area contributed by atoms with E-state index in [1.807, 2.05) is 20.8 Å². The van der Waals surface area contributed by atoms with Gasteiger partial charge in [-0.15, -0.1) is 24.0 Å². The number of amides is 1. The van der Waals surface area contributed by atoms with Crippen LogP contribution in [0.4, 0.5) is 18.0 Å². The average molecular weight is 575 g/mol. The van der Waals surface area contributed by atoms with Crippen molar-refractivity contribution in [3.05, 3.63) is 23.9 Å². The van der Waals surface area contributed by atoms with Gasteiger partial charge in [-0.2, -0.15) is 13.2 Å². The Morgan fingerprint density at radius 3 is 2.38 bits per heavy atom. The number of hydrogen-bond acceptors (Lipinski definition) is 5. The van der Waals surface area contributed by atoms with Crippen LogP contribution >= 0.6 is 24.0 Å². The molecule has 1 amide bonds. The number of pyridine rings is 1. The second-order valence-corrected chi connectivity index (χ2v) is 8.43. The highest BCUT2D eigenvalue weighted by Crippen LogP contribution is 2.20. The number of aliphatic imine (C=N–C) groups is 1. The van der Waals surface area contributed by atoms with Crippen LogP contribution in [0.3, 0.4) is 0 Å². The lowest BCUT2D eigenvalue weighted by Gasteiger charge is -2.29. The lowest BCUT2D eigenvalue weighted by molar-refractivity contribution is -0.154. The predicted molar refractivity (Wildman–Crippen MR) is 127 cm³/mol. The van der Waals surface area contributed by atoms with Gasteiger partial charge in [0.2, 0.25) is 5.88 Å². The summed E-state index contributed by atoms with van der Waals surface area (Å²) in [5.74, 6) is 0.304. The largest absolute Gasteiger partial charge is 0.468 e. The number of carbonyl (C=O) groups is 1. The Balaban J connectivity index is 0.00000961. The molecule has 0 aliphatic heterocycles. The van der Waals surface area contributed by atoms with Gasteiger partial charge in [0.05, 0.1) is 12.1 Å². The monoisotopic (exact) mass is 575 g/mol. The normalized spacial score (nSPS) is 12.5. The lowest BCUT2D eigenvalue weighted by atomic mass is 10.1. The summed E-state index contributed by atoms with van der Waals surface area (Å²) in [5.41, 5.74) is -0.858. The van der Waals surface area contributed by atoms with Crippen LogP contribution < -0.4 is 20.7 Å². The molecule has 0 aliphatic carbocycles. The van der Waals surface area contributed by atoms with Crippen molar-refractivity contribution in [2.45, 2.75) is 65.4 Å². The van der Waals surface area contributed by atoms with Gasteiger partial charge >= 0.3 is 12.3 Å². The Morgan fingerprint density at radius 2 is 1.81 bits per heavy atom. The van der Waals surface area contributed by atoms with Gasteiger partial charge in [0.25, 0.3) is 0 Å². The molecule has 0 aliphatic rings. The van der Waals surface area contributed by atoms with Crippen LogP contribution in [0.2, 0.25) is 0 Å². The smallest absolute Gasteiger partial charge is 0.422 e. The number of nitrogens with one attached hydrogen (secondary N) is 3. The molecule has 0 fully saturated rings. The van der Waals surface area contributed by atoms with Crippen LogP contribution in [0.1, 0.15) is 47.1 Å². The summed E-state index contributed by atoms with van der Waals surface area (Å²) >= 11 is 0. The second-order valence-electron chi connectivity index (χ2n) is 8.43. The van der Waals surface area contributed by atoms with Crippen molar-refractivity contribution in [2.24, 2.45) is 4.99 Å². The van der Waals surface area contributed by atoms with Gasteiger partial charge < -0.3 is 25.4 Å². The average Bonchev–Trinajstić information content (AvgIpc) is 2.60. The van der Waals surface area contributed by atoms with E-state index >= 15 is 0 Å². The number of alkyl halides is 3. The first-order valence-electron chi connectivity index (χ1n) is 9.87. The van der Waals surface area contributed by atoms with Crippen LogP contribution in [0, 0.1) is 0 Å². The molecule has 0 unspecified atom stereocenters. The van der Waals surface area contributed by atoms with Crippen LogP contribution in [0.5, 0.6) is 5.88 Å². The summed E-state index contributed by atoms with van der Waals surface area (Å²) in [7, 11) is 0. The van der Waals surface area contributed by atoms with Crippen LogP contribution in [-0.2, 0) is 11.3 Å². The number of ether oxygens (including phenoxy) is 2. The highest BCUT2D eigenvalue weighted by atomic mass is 127. The Labute approximate surface area is 204 Å². The zero-order valence-electron chi connectivity index (χ0n) is 19.2. The Hall–Kier alpha value is -1.99. The Bertz CT molecular complexity index is 753. The van der Waals surface area contributed by atoms with Crippen molar-refractivity contribution in [3.63, 3.8) is 0 Å². The van der Waals surface area contributed by atoms with Crippen molar-refractivity contribution >= 4 is 36.0 Å². The Morgan fingerprint density at radius 1 is 1.16 bits per heavy atom. The minimum atomic E-state index is -4.46. The number of rotatable bonds is 8. The minimum absolute atomic E-state index is 0. The molecule has 0 atom stereocenters. The fraction of sp³-hybridized carbons (Fsp3) is 0.650. The number of nitrogens with zero attached hydrogens (tertiary/aromatic N) is 2. The third-order valence-electron chi connectivity index (χ3n) is 3.51. The third kappa shape index (κ3) is 13.4. The molecule has 1 heterocycles. The quantitative estimate of drug-likeness (QED) is 0.247. The number of halogens is 4. The van der Waals surface area contributed by atoms with E-state index in [0.717, 1.165) is 0 Å². The molecule has 1 aromatic heterocycles. The molecule has 0 spiro atoms. The maximum Gasteiger partial charge on any atom is 0.422 e. The molecule has 12 heteroatoms. The van der Waals surface area contributed by atoms with Crippen LogP contribution in [-0.4, -0.2) is 54.0 Å². The molecule has 0 radical (unpaired) electrons. The van der Waals surface area contributed by atoms with E-state index in [-0.39, 0.29) is 36.4 Å². The van der Waals surface area contributed by atoms with Crippen molar-refractivity contribution in [3.8, 4) is 5.88 Å². The molecule has 32 heavy (non-hydrogen) atoms. The first kappa shape index (κ1) is 30.0. The highest BCUT2D eigenvalue weighted by Gasteiger charge is 2.29. The van der Waals surface area contributed by atoms with Gasteiger partial charge in [-0.05, 0) is 47.6 Å². The predicted octanol–water partition coefficient (Wildman–Crippen LogP) is 4.00. The maximum atomic E-state index is 12.4. The van der Waals surface area contributed by atoms with Gasteiger partial charge in [0, 0.05) is 24.8 Å². The first-order chi connectivity index (χ1) is 14.2. The summed E-state index contributed by atoms with van der Waals surface area (Å²) in [4.78, 5) is 20.3. The SMILES string of the molecule is CCNC(=NCc1cccnc1OCC(F)(F)F)NCC(C)(C)NC(=O)OC(C)(C)C.I. The number of aromatic nitrogens is 1. The molecule has 0 saturated heterocycles. The van der Waals surface area contributed by atoms with Crippen molar-refractivity contribution in [1.82, 2.24) is 20.9 Å². The summed E-state index contributed by atoms with van der Waals surface area (Å²) in [6, 6.07) is 3.19. The Kier molecular flexibility index (Phi) is 12.1. The van der Waals surface area contributed by atoms with Crippen molar-refractivity contribution < 1.29 is 27.4 Å². The fourth-order valence-electron chi connectivity index (χ4n) is 2.26. The number of carbonyl (C=O) groups excluding carboxylic acids is 1. The van der Waals surface area contributed by atoms with Crippen molar-refractivity contribution in [2.75, 3.05) is 19.7 Å². The second kappa shape index (κ2) is 12.9. The number of alkyl carbamates (subject to hydrolysis) is 1. The molecular weight excluding hydrogens is 542 g/mol. The first-order valence-corrected chi connectivity index (χ1v) is 9.87. The molecule has 8 nitrogen and oxygen atoms in total. The molecule has 1 rings (SSSR count). The molecule has 1 aromatic rings. The summed E-state index contributed by atoms with van der Waals surface area (Å²) in [5, 5.41) is 8.93. The number of guanidine groups is 1. The van der Waals surface area contributed by atoms with Crippen LogP contribution in [0.25, 0.3) is 0 Å². The van der Waals surface area contributed by atoms with Gasteiger partial charge in [-0.3, -0.25) is 0 Å². The fourth-order valence-corrected chi connectivity index (χ4v) is 2.26. The molecule has 184 valence electrons. The standard InChI is InChI=1S/C20H32F3N5O3.HI/c1-7-24-16(27-12-19(5,6)28-17(29)31-18(2,3)4)26-11-14-9-8-10-25-15(14)30-13-20(21,22)23;/h8-10H,7,11-13H2,1-6H3,(H,28,29)(H2,24,26,27);1H. The summed E-state index contributed by atoms with van der Waals surface area (Å²) in [6.07, 6.45) is -3.64. The molecule has 0 bridgehead atoms. The van der Waals surface area contributed by atoms with E-state index in [4.69, 9.17) is 9.47 Å². The summed E-state index contributed by atoms with van der Waals surface area (Å²) < 4.78 is 47.4. The number of hydrogen-bond donors (Lipinski definition) is 3. The summed E-state index contributed by atoms with van der Waals surface area (Å²) in [6.45, 7) is 10.4. The van der Waals surface area contributed by atoms with E-state index in [1.165, 1.54) is 6.20 Å². The van der Waals surface area contributed by atoms with E-state index in [2.05, 4.69) is 25.9 Å². The molecule has 0 saturated carbocycles. The van der Waals surface area contributed by atoms with E-state index in [0.29, 0.717) is 24.6 Å². The lowest BCUT2D eigenvalue weighted by Crippen LogP contribution is -2.54. The molecular formula is C20H33F3IN5O3. The van der Waals surface area contributed by atoms with E-state index < -0.39 is 30.0 Å². The van der Waals surface area contributed by atoms with Gasteiger partial charge in [-0.25, -0.2) is 14.8 Å². The minimum Gasteiger partial charge on any atom is -0.468 e. The highest BCUT2D eigenvalue weighted by molar-refractivity contribution is 14.0. The van der Waals surface area contributed by atoms with Gasteiger partial charge in [0.1, 0.15) is 5.60 Å². The van der Waals surface area contributed by atoms with E-state index in [1.54, 1.807) is 32.9 Å². The zero-order valence-corrected chi connectivity index (χ0v) is 21.6. The third-order valence-corrected chi connectivity index (χ3v) is 3.51. The van der Waals surface area contributed by atoms with Crippen LogP contribution in [0.15, 0.2) is 23.3 Å². The topological polar surface area (TPSA) is 96.9 Å². The van der Waals surface area contributed by atoms with Gasteiger partial charge in [0.15, 0.2) is 12.6 Å². The maximum absolute atomic E-state index is 12.4. The van der Waals surface area contributed by atoms with E-state index in [9.17, 15) is 18.0 Å². The van der Waals surface area contributed by atoms with Crippen molar-refractivity contribution in [1.29, 1.82) is 0 Å². The van der Waals surface area contributed by atoms with Gasteiger partial charge in [-0.1, -0.05) is 6.07 Å². The zero-order chi connectivity index (χ0) is 23.7. The molecule has 3 N–H and O–H groups in total.